The quantitative estimate of drug-likeness (QED) is 0.897. The molecule has 1 aliphatic rings. The third kappa shape index (κ3) is 2.86. The van der Waals surface area contributed by atoms with Crippen molar-refractivity contribution in [1.82, 2.24) is 0 Å². The van der Waals surface area contributed by atoms with Crippen molar-refractivity contribution in [2.75, 3.05) is 0 Å². The van der Waals surface area contributed by atoms with Gasteiger partial charge in [0.25, 0.3) is 0 Å². The van der Waals surface area contributed by atoms with E-state index in [-0.39, 0.29) is 11.9 Å². The molecule has 2 aromatic carbocycles. The van der Waals surface area contributed by atoms with E-state index >= 15 is 0 Å². The second-order valence-corrected chi connectivity index (χ2v) is 5.92. The molecule has 0 saturated heterocycles. The Morgan fingerprint density at radius 3 is 2.70 bits per heavy atom. The summed E-state index contributed by atoms with van der Waals surface area (Å²) in [5, 5.41) is 10.2. The molecule has 0 bridgehead atoms. The molecule has 20 heavy (non-hydrogen) atoms. The Morgan fingerprint density at radius 1 is 1.20 bits per heavy atom. The average molecular weight is 337 g/mol. The lowest BCUT2D eigenvalue weighted by Crippen LogP contribution is -2.27. The van der Waals surface area contributed by atoms with Gasteiger partial charge in [-0.05, 0) is 35.9 Å². The summed E-state index contributed by atoms with van der Waals surface area (Å²) in [6.07, 6.45) is 0.582. The summed E-state index contributed by atoms with van der Waals surface area (Å²) in [4.78, 5) is 0. The van der Waals surface area contributed by atoms with Crippen LogP contribution in [0, 0.1) is 5.82 Å². The summed E-state index contributed by atoms with van der Waals surface area (Å²) in [5.74, 6) is 0.479. The standard InChI is InChI=1S/C16H14BrFO2/c17-11-3-6-16-14(8-11)15(19)9-13(20-16)7-10-1-4-12(18)5-2-10/h1-6,8,13,15,19H,7,9H2/t13-,15+/m0/s1. The summed E-state index contributed by atoms with van der Waals surface area (Å²) in [5.41, 5.74) is 1.82. The highest BCUT2D eigenvalue weighted by atomic mass is 79.9. The van der Waals surface area contributed by atoms with Crippen molar-refractivity contribution >= 4 is 15.9 Å². The molecule has 1 heterocycles. The Kier molecular flexibility index (Phi) is 3.76. The lowest BCUT2D eigenvalue weighted by molar-refractivity contribution is 0.0662. The van der Waals surface area contributed by atoms with Crippen LogP contribution in [0.4, 0.5) is 4.39 Å². The van der Waals surface area contributed by atoms with Gasteiger partial charge in [0.1, 0.15) is 17.7 Å². The van der Waals surface area contributed by atoms with Gasteiger partial charge in [-0.2, -0.15) is 0 Å². The van der Waals surface area contributed by atoms with E-state index < -0.39 is 6.10 Å². The number of benzene rings is 2. The normalized spacial score (nSPS) is 21.1. The molecule has 2 nitrogen and oxygen atoms in total. The van der Waals surface area contributed by atoms with Crippen LogP contribution in [0.1, 0.15) is 23.7 Å². The molecule has 0 unspecified atom stereocenters. The number of halogens is 2. The minimum Gasteiger partial charge on any atom is -0.490 e. The molecule has 1 aliphatic heterocycles. The van der Waals surface area contributed by atoms with Crippen LogP contribution in [0.15, 0.2) is 46.9 Å². The molecule has 0 radical (unpaired) electrons. The monoisotopic (exact) mass is 336 g/mol. The van der Waals surface area contributed by atoms with Gasteiger partial charge in [0.15, 0.2) is 0 Å². The van der Waals surface area contributed by atoms with Crippen LogP contribution in [0.3, 0.4) is 0 Å². The van der Waals surface area contributed by atoms with E-state index in [0.717, 1.165) is 21.3 Å². The molecule has 0 aromatic heterocycles. The highest BCUT2D eigenvalue weighted by molar-refractivity contribution is 9.10. The Bertz CT molecular complexity index is 612. The average Bonchev–Trinajstić information content (AvgIpc) is 2.42. The van der Waals surface area contributed by atoms with Gasteiger partial charge in [0, 0.05) is 22.9 Å². The predicted molar refractivity (Wildman–Crippen MR) is 78.2 cm³/mol. The van der Waals surface area contributed by atoms with Crippen LogP contribution in [-0.2, 0) is 6.42 Å². The van der Waals surface area contributed by atoms with Gasteiger partial charge >= 0.3 is 0 Å². The lowest BCUT2D eigenvalue weighted by Gasteiger charge is -2.30. The van der Waals surface area contributed by atoms with Crippen LogP contribution in [0.2, 0.25) is 0 Å². The molecule has 3 rings (SSSR count). The molecule has 104 valence electrons. The summed E-state index contributed by atoms with van der Waals surface area (Å²) in [7, 11) is 0. The number of aliphatic hydroxyl groups excluding tert-OH is 1. The second-order valence-electron chi connectivity index (χ2n) is 5.00. The Morgan fingerprint density at radius 2 is 1.95 bits per heavy atom. The number of rotatable bonds is 2. The highest BCUT2D eigenvalue weighted by Gasteiger charge is 2.27. The summed E-state index contributed by atoms with van der Waals surface area (Å²) in [6.45, 7) is 0. The maximum atomic E-state index is 12.9. The van der Waals surface area contributed by atoms with E-state index in [1.807, 2.05) is 18.2 Å². The van der Waals surface area contributed by atoms with Crippen molar-refractivity contribution in [3.63, 3.8) is 0 Å². The SMILES string of the molecule is O[C@@H]1C[C@H](Cc2ccc(F)cc2)Oc2ccc(Br)cc21. The molecular weight excluding hydrogens is 323 g/mol. The minimum atomic E-state index is -0.526. The molecule has 2 aromatic rings. The van der Waals surface area contributed by atoms with Gasteiger partial charge in [0.2, 0.25) is 0 Å². The summed E-state index contributed by atoms with van der Waals surface area (Å²) >= 11 is 3.39. The fourth-order valence-corrected chi connectivity index (χ4v) is 2.88. The van der Waals surface area contributed by atoms with Gasteiger partial charge in [-0.3, -0.25) is 0 Å². The van der Waals surface area contributed by atoms with E-state index in [4.69, 9.17) is 4.74 Å². The zero-order valence-corrected chi connectivity index (χ0v) is 12.3. The van der Waals surface area contributed by atoms with Crippen LogP contribution in [-0.4, -0.2) is 11.2 Å². The Hall–Kier alpha value is -1.39. The number of hydrogen-bond acceptors (Lipinski definition) is 2. The van der Waals surface area contributed by atoms with E-state index in [2.05, 4.69) is 15.9 Å². The van der Waals surface area contributed by atoms with Crippen LogP contribution < -0.4 is 4.74 Å². The summed E-state index contributed by atoms with van der Waals surface area (Å²) < 4.78 is 19.7. The number of hydrogen-bond donors (Lipinski definition) is 1. The lowest BCUT2D eigenvalue weighted by atomic mass is 9.95. The minimum absolute atomic E-state index is 0.0934. The first kappa shape index (κ1) is 13.6. The van der Waals surface area contributed by atoms with Crippen molar-refractivity contribution in [3.05, 3.63) is 63.9 Å². The highest BCUT2D eigenvalue weighted by Crippen LogP contribution is 2.37. The molecule has 0 spiro atoms. The van der Waals surface area contributed by atoms with Gasteiger partial charge < -0.3 is 9.84 Å². The number of fused-ring (bicyclic) bond motifs is 1. The van der Waals surface area contributed by atoms with Crippen LogP contribution in [0.5, 0.6) is 5.75 Å². The maximum absolute atomic E-state index is 12.9. The van der Waals surface area contributed by atoms with Gasteiger partial charge in [-0.1, -0.05) is 28.1 Å². The van der Waals surface area contributed by atoms with E-state index in [1.54, 1.807) is 12.1 Å². The molecule has 1 N–H and O–H groups in total. The maximum Gasteiger partial charge on any atom is 0.125 e. The molecule has 2 atom stereocenters. The van der Waals surface area contributed by atoms with Gasteiger partial charge in [-0.15, -0.1) is 0 Å². The van der Waals surface area contributed by atoms with Crippen molar-refractivity contribution in [2.24, 2.45) is 0 Å². The first-order chi connectivity index (χ1) is 9.61. The summed E-state index contributed by atoms with van der Waals surface area (Å²) in [6, 6.07) is 12.0. The van der Waals surface area contributed by atoms with Crippen molar-refractivity contribution in [2.45, 2.75) is 25.0 Å². The fraction of sp³-hybridized carbons (Fsp3) is 0.250. The zero-order chi connectivity index (χ0) is 14.1. The number of ether oxygens (including phenoxy) is 1. The first-order valence-corrected chi connectivity index (χ1v) is 7.30. The molecule has 4 heteroatoms. The third-order valence-electron chi connectivity index (χ3n) is 3.49. The van der Waals surface area contributed by atoms with E-state index in [1.165, 1.54) is 12.1 Å². The molecular formula is C16H14BrFO2. The Labute approximate surface area is 125 Å². The van der Waals surface area contributed by atoms with Gasteiger partial charge in [0.05, 0.1) is 6.10 Å². The third-order valence-corrected chi connectivity index (χ3v) is 3.98. The van der Waals surface area contributed by atoms with E-state index in [9.17, 15) is 9.50 Å². The molecule has 0 amide bonds. The van der Waals surface area contributed by atoms with Crippen molar-refractivity contribution in [1.29, 1.82) is 0 Å². The molecule has 0 fully saturated rings. The van der Waals surface area contributed by atoms with Crippen LogP contribution in [0.25, 0.3) is 0 Å². The van der Waals surface area contributed by atoms with Crippen molar-refractivity contribution in [3.8, 4) is 5.75 Å². The predicted octanol–water partition coefficient (Wildman–Crippen LogP) is 4.02. The smallest absolute Gasteiger partial charge is 0.125 e. The first-order valence-electron chi connectivity index (χ1n) is 6.50. The fourth-order valence-electron chi connectivity index (χ4n) is 2.50. The largest absolute Gasteiger partial charge is 0.490 e. The van der Waals surface area contributed by atoms with E-state index in [0.29, 0.717) is 12.8 Å². The molecule has 0 aliphatic carbocycles. The van der Waals surface area contributed by atoms with Crippen molar-refractivity contribution < 1.29 is 14.2 Å². The van der Waals surface area contributed by atoms with Gasteiger partial charge in [-0.25, -0.2) is 4.39 Å². The topological polar surface area (TPSA) is 29.5 Å². The Balaban J connectivity index is 1.77. The molecule has 0 saturated carbocycles. The van der Waals surface area contributed by atoms with Crippen LogP contribution >= 0.6 is 15.9 Å². The number of aliphatic hydroxyl groups is 1. The zero-order valence-electron chi connectivity index (χ0n) is 10.7. The second kappa shape index (κ2) is 5.54.